The molecule has 108 valence electrons. The highest BCUT2D eigenvalue weighted by atomic mass is 19.4. The second-order valence-corrected chi connectivity index (χ2v) is 5.32. The lowest BCUT2D eigenvalue weighted by Gasteiger charge is -2.35. The molecule has 18 heavy (non-hydrogen) atoms. The van der Waals surface area contributed by atoms with Gasteiger partial charge in [-0.05, 0) is 39.0 Å². The van der Waals surface area contributed by atoms with E-state index >= 15 is 0 Å². The van der Waals surface area contributed by atoms with E-state index in [1.54, 1.807) is 0 Å². The fourth-order valence-electron chi connectivity index (χ4n) is 2.51. The van der Waals surface area contributed by atoms with Crippen LogP contribution in [0.1, 0.15) is 39.5 Å². The third-order valence-corrected chi connectivity index (χ3v) is 3.57. The Balaban J connectivity index is 2.52. The molecule has 0 heterocycles. The van der Waals surface area contributed by atoms with Crippen LogP contribution in [0.2, 0.25) is 0 Å². The molecule has 0 aliphatic heterocycles. The highest BCUT2D eigenvalue weighted by molar-refractivity contribution is 4.84. The van der Waals surface area contributed by atoms with Gasteiger partial charge in [0.15, 0.2) is 0 Å². The predicted octanol–water partition coefficient (Wildman–Crippen LogP) is 2.61. The fraction of sp³-hybridized carbons (Fsp3) is 1.00. The maximum atomic E-state index is 12.7. The second kappa shape index (κ2) is 6.73. The summed E-state index contributed by atoms with van der Waals surface area (Å²) in [6, 6.07) is -0.197. The van der Waals surface area contributed by atoms with Crippen molar-refractivity contribution in [3.05, 3.63) is 0 Å². The summed E-state index contributed by atoms with van der Waals surface area (Å²) < 4.78 is 43.6. The van der Waals surface area contributed by atoms with Gasteiger partial charge in [-0.3, -0.25) is 11.3 Å². The van der Waals surface area contributed by atoms with Crippen molar-refractivity contribution < 1.29 is 17.9 Å². The molecule has 0 saturated heterocycles. The Hall–Kier alpha value is -0.330. The molecule has 0 aromatic carbocycles. The molecule has 3 nitrogen and oxygen atoms in total. The summed E-state index contributed by atoms with van der Waals surface area (Å²) in [4.78, 5) is 0. The molecule has 1 saturated carbocycles. The minimum absolute atomic E-state index is 0.0582. The maximum absolute atomic E-state index is 12.7. The first kappa shape index (κ1) is 15.7. The fourth-order valence-corrected chi connectivity index (χ4v) is 2.51. The van der Waals surface area contributed by atoms with Gasteiger partial charge < -0.3 is 4.74 Å². The van der Waals surface area contributed by atoms with Gasteiger partial charge in [-0.25, -0.2) is 0 Å². The van der Waals surface area contributed by atoms with Gasteiger partial charge in [-0.2, -0.15) is 13.2 Å². The minimum atomic E-state index is -4.09. The molecule has 0 aromatic heterocycles. The van der Waals surface area contributed by atoms with Gasteiger partial charge in [0.05, 0.1) is 18.6 Å². The second-order valence-electron chi connectivity index (χ2n) is 5.32. The van der Waals surface area contributed by atoms with Gasteiger partial charge in [0.1, 0.15) is 0 Å². The van der Waals surface area contributed by atoms with Crippen LogP contribution in [-0.2, 0) is 4.74 Å². The number of halogens is 3. The highest BCUT2D eigenvalue weighted by Crippen LogP contribution is 2.40. The van der Waals surface area contributed by atoms with Crippen molar-refractivity contribution in [3.63, 3.8) is 0 Å². The SMILES string of the molecule is CC(C)OCC(NN)C1CCCC(C(F)(F)F)C1. The average Bonchev–Trinajstić information content (AvgIpc) is 2.29. The van der Waals surface area contributed by atoms with Crippen molar-refractivity contribution in [2.24, 2.45) is 17.7 Å². The summed E-state index contributed by atoms with van der Waals surface area (Å²) in [6.07, 6.45) is -2.25. The van der Waals surface area contributed by atoms with E-state index in [-0.39, 0.29) is 30.9 Å². The van der Waals surface area contributed by atoms with E-state index in [1.165, 1.54) is 0 Å². The zero-order valence-electron chi connectivity index (χ0n) is 11.0. The van der Waals surface area contributed by atoms with Crippen LogP contribution in [0, 0.1) is 11.8 Å². The molecule has 1 rings (SSSR count). The van der Waals surface area contributed by atoms with E-state index in [9.17, 15) is 13.2 Å². The Morgan fingerprint density at radius 2 is 2.00 bits per heavy atom. The molecule has 0 spiro atoms. The summed E-state index contributed by atoms with van der Waals surface area (Å²) in [5, 5.41) is 0. The minimum Gasteiger partial charge on any atom is -0.377 e. The topological polar surface area (TPSA) is 47.3 Å². The molecular formula is C12H23F3N2O. The van der Waals surface area contributed by atoms with Crippen molar-refractivity contribution in [2.45, 2.75) is 57.9 Å². The van der Waals surface area contributed by atoms with Crippen LogP contribution < -0.4 is 11.3 Å². The predicted molar refractivity (Wildman–Crippen MR) is 63.7 cm³/mol. The first-order valence-electron chi connectivity index (χ1n) is 6.49. The molecule has 1 aliphatic rings. The lowest BCUT2D eigenvalue weighted by molar-refractivity contribution is -0.187. The third-order valence-electron chi connectivity index (χ3n) is 3.57. The van der Waals surface area contributed by atoms with E-state index in [0.29, 0.717) is 13.0 Å². The van der Waals surface area contributed by atoms with Crippen LogP contribution in [0.4, 0.5) is 13.2 Å². The van der Waals surface area contributed by atoms with E-state index < -0.39 is 12.1 Å². The van der Waals surface area contributed by atoms with Crippen LogP contribution >= 0.6 is 0 Å². The number of hydrazine groups is 1. The molecule has 0 bridgehead atoms. The summed E-state index contributed by atoms with van der Waals surface area (Å²) in [5.41, 5.74) is 2.61. The zero-order chi connectivity index (χ0) is 13.8. The molecule has 3 unspecified atom stereocenters. The summed E-state index contributed by atoms with van der Waals surface area (Å²) in [7, 11) is 0. The van der Waals surface area contributed by atoms with E-state index in [4.69, 9.17) is 10.6 Å². The van der Waals surface area contributed by atoms with Crippen molar-refractivity contribution in [1.29, 1.82) is 0 Å². The van der Waals surface area contributed by atoms with Gasteiger partial charge in [-0.15, -0.1) is 0 Å². The van der Waals surface area contributed by atoms with Crippen molar-refractivity contribution in [2.75, 3.05) is 6.61 Å². The van der Waals surface area contributed by atoms with E-state index in [2.05, 4.69) is 5.43 Å². The Labute approximate surface area is 106 Å². The molecule has 3 N–H and O–H groups in total. The first-order valence-corrected chi connectivity index (χ1v) is 6.49. The number of rotatable bonds is 5. The molecular weight excluding hydrogens is 245 g/mol. The van der Waals surface area contributed by atoms with Crippen LogP contribution in [0.3, 0.4) is 0 Å². The Bertz CT molecular complexity index is 246. The molecule has 0 amide bonds. The quantitative estimate of drug-likeness (QED) is 0.595. The number of ether oxygens (including phenoxy) is 1. The lowest BCUT2D eigenvalue weighted by Crippen LogP contribution is -2.47. The number of hydrogen-bond acceptors (Lipinski definition) is 3. The smallest absolute Gasteiger partial charge is 0.377 e. The molecule has 0 aromatic rings. The average molecular weight is 268 g/mol. The first-order chi connectivity index (χ1) is 8.34. The summed E-state index contributed by atoms with van der Waals surface area (Å²) in [5.74, 6) is 4.18. The summed E-state index contributed by atoms with van der Waals surface area (Å²) >= 11 is 0. The monoisotopic (exact) mass is 268 g/mol. The number of nitrogens with one attached hydrogen (secondary N) is 1. The zero-order valence-corrected chi connectivity index (χ0v) is 11.0. The molecule has 1 aliphatic carbocycles. The third kappa shape index (κ3) is 4.74. The number of hydrogen-bond donors (Lipinski definition) is 2. The lowest BCUT2D eigenvalue weighted by atomic mass is 9.77. The Morgan fingerprint density at radius 1 is 1.33 bits per heavy atom. The van der Waals surface area contributed by atoms with Crippen LogP contribution in [0.25, 0.3) is 0 Å². The normalized spacial score (nSPS) is 27.5. The van der Waals surface area contributed by atoms with Gasteiger partial charge in [0.25, 0.3) is 0 Å². The van der Waals surface area contributed by atoms with Gasteiger partial charge in [0, 0.05) is 6.04 Å². The van der Waals surface area contributed by atoms with Gasteiger partial charge in [0.2, 0.25) is 0 Å². The van der Waals surface area contributed by atoms with Gasteiger partial charge in [-0.1, -0.05) is 6.42 Å². The number of nitrogens with two attached hydrogens (primary N) is 1. The molecule has 6 heteroatoms. The Morgan fingerprint density at radius 3 is 2.50 bits per heavy atom. The summed E-state index contributed by atoms with van der Waals surface area (Å²) in [6.45, 7) is 4.16. The van der Waals surface area contributed by atoms with Crippen molar-refractivity contribution >= 4 is 0 Å². The largest absolute Gasteiger partial charge is 0.391 e. The molecule has 3 atom stereocenters. The van der Waals surface area contributed by atoms with Crippen molar-refractivity contribution in [3.8, 4) is 0 Å². The standard InChI is InChI=1S/C12H23F3N2O/c1-8(2)18-7-11(17-16)9-4-3-5-10(6-9)12(13,14)15/h8-11,17H,3-7,16H2,1-2H3. The highest BCUT2D eigenvalue weighted by Gasteiger charge is 2.43. The van der Waals surface area contributed by atoms with Crippen LogP contribution in [0.15, 0.2) is 0 Å². The van der Waals surface area contributed by atoms with E-state index in [0.717, 1.165) is 6.42 Å². The van der Waals surface area contributed by atoms with Crippen LogP contribution in [0.5, 0.6) is 0 Å². The Kier molecular flexibility index (Phi) is 5.88. The molecule has 1 fully saturated rings. The van der Waals surface area contributed by atoms with Gasteiger partial charge >= 0.3 is 6.18 Å². The maximum Gasteiger partial charge on any atom is 0.391 e. The van der Waals surface area contributed by atoms with Crippen LogP contribution in [-0.4, -0.2) is 24.9 Å². The molecule has 0 radical (unpaired) electrons. The van der Waals surface area contributed by atoms with Crippen molar-refractivity contribution in [1.82, 2.24) is 5.43 Å². The number of alkyl halides is 3. The van der Waals surface area contributed by atoms with E-state index in [1.807, 2.05) is 13.8 Å².